The molecule has 3 aromatic carbocycles. The lowest BCUT2D eigenvalue weighted by molar-refractivity contribution is -0.128. The van der Waals surface area contributed by atoms with Gasteiger partial charge < -0.3 is 19.7 Å². The van der Waals surface area contributed by atoms with Gasteiger partial charge in [0.25, 0.3) is 0 Å². The van der Waals surface area contributed by atoms with Crippen molar-refractivity contribution in [3.05, 3.63) is 113 Å². The molecule has 48 heavy (non-hydrogen) atoms. The van der Waals surface area contributed by atoms with Crippen LogP contribution < -0.4 is 15.2 Å². The van der Waals surface area contributed by atoms with Crippen molar-refractivity contribution in [2.75, 3.05) is 0 Å². The van der Waals surface area contributed by atoms with Gasteiger partial charge in [-0.1, -0.05) is 111 Å². The number of nitrogens with zero attached hydrogens (tertiary/aromatic N) is 2. The average molecular weight is 677 g/mol. The van der Waals surface area contributed by atoms with Crippen LogP contribution in [0.3, 0.4) is 0 Å². The summed E-state index contributed by atoms with van der Waals surface area (Å²) in [7, 11) is -4.05. The second-order valence-electron chi connectivity index (χ2n) is 11.5. The van der Waals surface area contributed by atoms with Gasteiger partial charge in [0, 0.05) is 19.8 Å². The van der Waals surface area contributed by atoms with Crippen molar-refractivity contribution in [1.82, 2.24) is 20.8 Å². The van der Waals surface area contributed by atoms with Crippen LogP contribution in [-0.4, -0.2) is 28.0 Å². The lowest BCUT2D eigenvalue weighted by atomic mass is 10.0. The van der Waals surface area contributed by atoms with Gasteiger partial charge in [0.2, 0.25) is 17.7 Å². The molecule has 1 aromatic heterocycles. The highest BCUT2D eigenvalue weighted by molar-refractivity contribution is 7.48. The summed E-state index contributed by atoms with van der Waals surface area (Å²) in [5.74, 6) is 0.495. The van der Waals surface area contributed by atoms with Gasteiger partial charge in [-0.25, -0.2) is 4.57 Å². The first-order valence-corrected chi connectivity index (χ1v) is 17.9. The fourth-order valence-corrected chi connectivity index (χ4v) is 6.06. The Kier molecular flexibility index (Phi) is 14.4. The second-order valence-corrected chi connectivity index (χ2v) is 13.1. The monoisotopic (exact) mass is 676 g/mol. The molecule has 11 nitrogen and oxygen atoms in total. The molecule has 0 unspecified atom stereocenters. The summed E-state index contributed by atoms with van der Waals surface area (Å²) in [5, 5.41) is 9.77. The molecule has 0 radical (unpaired) electrons. The zero-order chi connectivity index (χ0) is 34.2. The van der Waals surface area contributed by atoms with Crippen molar-refractivity contribution >= 4 is 19.6 Å². The van der Waals surface area contributed by atoms with Crippen molar-refractivity contribution < 1.29 is 32.2 Å². The second kappa shape index (κ2) is 18.9. The summed E-state index contributed by atoms with van der Waals surface area (Å²) in [5.41, 5.74) is 2.37. The molecule has 0 aliphatic heterocycles. The molecule has 0 saturated heterocycles. The van der Waals surface area contributed by atoms with Gasteiger partial charge in [-0.05, 0) is 41.7 Å². The molecule has 4 rings (SSSR count). The van der Waals surface area contributed by atoms with Crippen molar-refractivity contribution in [3.63, 3.8) is 0 Å². The minimum atomic E-state index is -4.05. The van der Waals surface area contributed by atoms with E-state index < -0.39 is 19.9 Å². The molecule has 1 heterocycles. The molecular weight excluding hydrogens is 631 g/mol. The summed E-state index contributed by atoms with van der Waals surface area (Å²) in [6, 6.07) is 24.0. The van der Waals surface area contributed by atoms with E-state index in [1.165, 1.54) is 6.92 Å². The minimum Gasteiger partial charge on any atom is -0.404 e. The van der Waals surface area contributed by atoms with E-state index in [1.54, 1.807) is 24.3 Å². The van der Waals surface area contributed by atoms with E-state index in [0.717, 1.165) is 48.8 Å². The maximum absolute atomic E-state index is 13.7. The third-order valence-corrected chi connectivity index (χ3v) is 8.82. The van der Waals surface area contributed by atoms with E-state index in [0.29, 0.717) is 18.1 Å². The lowest BCUT2D eigenvalue weighted by Gasteiger charge is -2.21. The number of phosphoric acid groups is 1. The molecule has 256 valence electrons. The zero-order valence-corrected chi connectivity index (χ0v) is 28.7. The van der Waals surface area contributed by atoms with Crippen molar-refractivity contribution in [2.24, 2.45) is 0 Å². The Hall–Kier alpha value is -4.31. The number of hydrogen-bond acceptors (Lipinski definition) is 9. The van der Waals surface area contributed by atoms with Crippen LogP contribution in [0.5, 0.6) is 5.75 Å². The largest absolute Gasteiger partial charge is 0.530 e. The molecule has 2 N–H and O–H groups in total. The highest BCUT2D eigenvalue weighted by Crippen LogP contribution is 2.51. The number of hydrogen-bond donors (Lipinski definition) is 2. The van der Waals surface area contributed by atoms with Crippen LogP contribution in [0.1, 0.15) is 87.3 Å². The number of rotatable bonds is 20. The maximum atomic E-state index is 13.7. The number of nitrogens with one attached hydrogen (secondary N) is 2. The van der Waals surface area contributed by atoms with Gasteiger partial charge >= 0.3 is 7.82 Å². The summed E-state index contributed by atoms with van der Waals surface area (Å²) >= 11 is 0. The number of phosphoric ester groups is 1. The number of aryl methyl sites for hydroxylation is 1. The first kappa shape index (κ1) is 36.5. The third kappa shape index (κ3) is 12.0. The Morgan fingerprint density at radius 1 is 0.812 bits per heavy atom. The number of carbonyl (C=O) groups excluding carboxylic acids is 2. The highest BCUT2D eigenvalue weighted by atomic mass is 31.2. The van der Waals surface area contributed by atoms with Gasteiger partial charge in [0.05, 0.1) is 13.2 Å². The van der Waals surface area contributed by atoms with Gasteiger partial charge in [-0.3, -0.25) is 18.6 Å². The highest BCUT2D eigenvalue weighted by Gasteiger charge is 2.30. The lowest BCUT2D eigenvalue weighted by Crippen LogP contribution is -2.48. The maximum Gasteiger partial charge on any atom is 0.530 e. The molecule has 0 spiro atoms. The standard InChI is InChI=1S/C36H45N4O7P/c1-4-6-7-14-19-34-39-36(46-40-34)32(5-2)38-35(42)33(37-27(3)41)24-28-20-22-31(23-21-28)47-48(43,44-25-29-15-10-8-11-16-29)45-26-30-17-12-9-13-18-30/h8-13,15-18,20-23,32-33H,4-7,14,19,24-26H2,1-3H3,(H,37,41)(H,38,42)/t32-,33-/m0/s1. The van der Waals surface area contributed by atoms with Crippen molar-refractivity contribution in [3.8, 4) is 5.75 Å². The summed E-state index contributed by atoms with van der Waals surface area (Å²) in [4.78, 5) is 29.9. The smallest absolute Gasteiger partial charge is 0.404 e. The van der Waals surface area contributed by atoms with Crippen LogP contribution in [0.15, 0.2) is 89.5 Å². The predicted molar refractivity (Wildman–Crippen MR) is 182 cm³/mol. The van der Waals surface area contributed by atoms with Gasteiger partial charge in [-0.15, -0.1) is 0 Å². The molecule has 0 aliphatic rings. The van der Waals surface area contributed by atoms with E-state index in [-0.39, 0.29) is 37.2 Å². The summed E-state index contributed by atoms with van der Waals surface area (Å²) in [6.45, 7) is 5.49. The van der Waals surface area contributed by atoms with Crippen LogP contribution >= 0.6 is 7.82 Å². The van der Waals surface area contributed by atoms with E-state index in [4.69, 9.17) is 18.1 Å². The third-order valence-electron chi connectivity index (χ3n) is 7.50. The van der Waals surface area contributed by atoms with E-state index >= 15 is 0 Å². The van der Waals surface area contributed by atoms with Crippen molar-refractivity contribution in [2.45, 2.75) is 91.0 Å². The molecule has 0 fully saturated rings. The Labute approximate surface area is 282 Å². The Morgan fingerprint density at radius 3 is 2.00 bits per heavy atom. The minimum absolute atomic E-state index is 0.0289. The molecule has 2 atom stereocenters. The van der Waals surface area contributed by atoms with Crippen LogP contribution in [0.25, 0.3) is 0 Å². The fourth-order valence-electron chi connectivity index (χ4n) is 4.88. The van der Waals surface area contributed by atoms with Crippen LogP contribution in [0, 0.1) is 0 Å². The molecule has 12 heteroatoms. The number of amides is 2. The molecule has 0 saturated carbocycles. The molecule has 4 aromatic rings. The fraction of sp³-hybridized carbons (Fsp3) is 0.389. The number of unbranched alkanes of at least 4 members (excludes halogenated alkanes) is 3. The van der Waals surface area contributed by atoms with Gasteiger partial charge in [-0.2, -0.15) is 4.98 Å². The first-order chi connectivity index (χ1) is 23.3. The van der Waals surface area contributed by atoms with Crippen LogP contribution in [-0.2, 0) is 49.3 Å². The van der Waals surface area contributed by atoms with Crippen LogP contribution in [0.4, 0.5) is 0 Å². The molecule has 0 bridgehead atoms. The van der Waals surface area contributed by atoms with Crippen LogP contribution in [0.2, 0.25) is 0 Å². The van der Waals surface area contributed by atoms with E-state index in [2.05, 4.69) is 27.7 Å². The van der Waals surface area contributed by atoms with Gasteiger partial charge in [0.1, 0.15) is 17.8 Å². The first-order valence-electron chi connectivity index (χ1n) is 16.4. The van der Waals surface area contributed by atoms with Gasteiger partial charge in [0.15, 0.2) is 5.82 Å². The Morgan fingerprint density at radius 2 is 1.44 bits per heavy atom. The molecule has 2 amide bonds. The quantitative estimate of drug-likeness (QED) is 0.0722. The number of aromatic nitrogens is 2. The predicted octanol–water partition coefficient (Wildman–Crippen LogP) is 7.43. The number of carbonyl (C=O) groups is 2. The number of benzene rings is 3. The zero-order valence-electron chi connectivity index (χ0n) is 27.8. The topological polar surface area (TPSA) is 142 Å². The summed E-state index contributed by atoms with van der Waals surface area (Å²) in [6.07, 6.45) is 5.82. The SMILES string of the molecule is CCCCCCc1noc([C@H](CC)NC(=O)[C@H](Cc2ccc(OP(=O)(OCc3ccccc3)OCc3ccccc3)cc2)NC(C)=O)n1. The van der Waals surface area contributed by atoms with E-state index in [9.17, 15) is 14.2 Å². The summed E-state index contributed by atoms with van der Waals surface area (Å²) < 4.78 is 36.5. The molecular formula is C36H45N4O7P. The Balaban J connectivity index is 1.40. The van der Waals surface area contributed by atoms with Crippen molar-refractivity contribution in [1.29, 1.82) is 0 Å². The normalized spacial score (nSPS) is 12.6. The van der Waals surface area contributed by atoms with E-state index in [1.807, 2.05) is 67.6 Å². The Bertz CT molecular complexity index is 1550. The molecule has 0 aliphatic carbocycles. The average Bonchev–Trinajstić information content (AvgIpc) is 3.57.